The van der Waals surface area contributed by atoms with E-state index in [1.807, 2.05) is 53.8 Å². The van der Waals surface area contributed by atoms with Crippen molar-refractivity contribution in [3.63, 3.8) is 0 Å². The molecule has 0 spiro atoms. The van der Waals surface area contributed by atoms with Crippen molar-refractivity contribution < 1.29 is 8.83 Å². The van der Waals surface area contributed by atoms with E-state index in [-0.39, 0.29) is 0 Å². The van der Waals surface area contributed by atoms with Crippen molar-refractivity contribution in [2.24, 2.45) is 0 Å². The summed E-state index contributed by atoms with van der Waals surface area (Å²) >= 11 is 1.82. The van der Waals surface area contributed by atoms with E-state index in [2.05, 4.69) is 143 Å². The lowest BCUT2D eigenvalue weighted by molar-refractivity contribution is 0.620. The van der Waals surface area contributed by atoms with Gasteiger partial charge in [-0.2, -0.15) is 0 Å². The lowest BCUT2D eigenvalue weighted by Crippen LogP contribution is -2.11. The first-order chi connectivity index (χ1) is 27.3. The van der Waals surface area contributed by atoms with E-state index in [9.17, 15) is 0 Å². The van der Waals surface area contributed by atoms with Crippen LogP contribution >= 0.6 is 11.3 Å². The highest BCUT2D eigenvalue weighted by Gasteiger charge is 2.27. The number of oxazole rings is 1. The standard InChI is InChI=1S/C49H29N3O2S/c1-3-13-30(14-4-1)49-50-46-43(54-49)29-39-36-18-8-11-21-42(36)53-48(39)47(46)51(32-24-26-45-38(27-32)37-19-9-12-22-44(37)55-45)33-23-25-35-34-17-7-10-20-40(34)52(41(35)28-33)31-15-5-2-6-16-31/h1-29H. The van der Waals surface area contributed by atoms with E-state index in [4.69, 9.17) is 13.8 Å². The molecule has 0 radical (unpaired) electrons. The zero-order valence-corrected chi connectivity index (χ0v) is 30.1. The fraction of sp³-hybridized carbons (Fsp3) is 0. The van der Waals surface area contributed by atoms with E-state index < -0.39 is 0 Å². The van der Waals surface area contributed by atoms with Gasteiger partial charge in [0.15, 0.2) is 11.2 Å². The van der Waals surface area contributed by atoms with E-state index >= 15 is 0 Å². The van der Waals surface area contributed by atoms with Crippen LogP contribution in [0.1, 0.15) is 0 Å². The molecule has 0 atom stereocenters. The van der Waals surface area contributed by atoms with Crippen LogP contribution in [0.25, 0.3) is 92.2 Å². The van der Waals surface area contributed by atoms with Crippen LogP contribution in [0, 0.1) is 0 Å². The Morgan fingerprint density at radius 2 is 1.15 bits per heavy atom. The minimum Gasteiger partial charge on any atom is -0.454 e. The van der Waals surface area contributed by atoms with Gasteiger partial charge in [-0.3, -0.25) is 0 Å². The number of rotatable bonds is 5. The lowest BCUT2D eigenvalue weighted by atomic mass is 10.1. The van der Waals surface area contributed by atoms with E-state index in [1.54, 1.807) is 0 Å². The van der Waals surface area contributed by atoms with Crippen molar-refractivity contribution in [3.05, 3.63) is 176 Å². The average Bonchev–Trinajstić information content (AvgIpc) is 4.02. The summed E-state index contributed by atoms with van der Waals surface area (Å²) in [5.41, 5.74) is 10.1. The molecule has 0 amide bonds. The van der Waals surface area contributed by atoms with Gasteiger partial charge in [0.1, 0.15) is 16.8 Å². The first kappa shape index (κ1) is 30.3. The molecule has 4 aromatic heterocycles. The summed E-state index contributed by atoms with van der Waals surface area (Å²) in [6, 6.07) is 61.9. The molecule has 0 aliphatic heterocycles. The maximum atomic E-state index is 6.88. The molecule has 258 valence electrons. The van der Waals surface area contributed by atoms with Crippen molar-refractivity contribution in [1.82, 2.24) is 9.55 Å². The Bertz CT molecular complexity index is 3450. The summed E-state index contributed by atoms with van der Waals surface area (Å²) in [6.07, 6.45) is 0. The van der Waals surface area contributed by atoms with Crippen molar-refractivity contribution in [3.8, 4) is 17.1 Å². The molecule has 6 heteroatoms. The minimum atomic E-state index is 0.563. The second-order valence-corrected chi connectivity index (χ2v) is 15.0. The van der Waals surface area contributed by atoms with Crippen LogP contribution in [0.2, 0.25) is 0 Å². The van der Waals surface area contributed by atoms with Crippen LogP contribution < -0.4 is 4.90 Å². The lowest BCUT2D eigenvalue weighted by Gasteiger charge is -2.26. The van der Waals surface area contributed by atoms with Crippen LogP contribution in [0.3, 0.4) is 0 Å². The summed E-state index contributed by atoms with van der Waals surface area (Å²) in [7, 11) is 0. The number of fused-ring (bicyclic) bond motifs is 10. The average molecular weight is 724 g/mol. The molecular weight excluding hydrogens is 695 g/mol. The van der Waals surface area contributed by atoms with Gasteiger partial charge in [-0.15, -0.1) is 11.3 Å². The summed E-state index contributed by atoms with van der Waals surface area (Å²) < 4.78 is 18.4. The highest BCUT2D eigenvalue weighted by molar-refractivity contribution is 7.25. The Hall–Kier alpha value is -7.15. The molecule has 55 heavy (non-hydrogen) atoms. The molecule has 0 saturated heterocycles. The van der Waals surface area contributed by atoms with Gasteiger partial charge in [0.2, 0.25) is 5.89 Å². The molecule has 4 heterocycles. The minimum absolute atomic E-state index is 0.563. The van der Waals surface area contributed by atoms with Crippen LogP contribution in [-0.2, 0) is 0 Å². The van der Waals surface area contributed by atoms with E-state index in [1.165, 1.54) is 30.9 Å². The van der Waals surface area contributed by atoms with Crippen LogP contribution in [0.15, 0.2) is 185 Å². The van der Waals surface area contributed by atoms with Crippen molar-refractivity contribution >= 4 is 103 Å². The van der Waals surface area contributed by atoms with Crippen LogP contribution in [0.5, 0.6) is 0 Å². The maximum absolute atomic E-state index is 6.88. The van der Waals surface area contributed by atoms with Gasteiger partial charge in [0.05, 0.1) is 11.0 Å². The number of benzene rings is 8. The topological polar surface area (TPSA) is 47.3 Å². The Balaban J connectivity index is 1.22. The molecule has 0 unspecified atom stereocenters. The molecule has 5 nitrogen and oxygen atoms in total. The molecule has 0 fully saturated rings. The molecule has 0 bridgehead atoms. The molecule has 0 N–H and O–H groups in total. The number of hydrogen-bond donors (Lipinski definition) is 0. The first-order valence-corrected chi connectivity index (χ1v) is 19.2. The number of hydrogen-bond acceptors (Lipinski definition) is 5. The van der Waals surface area contributed by atoms with Gasteiger partial charge in [-0.05, 0) is 78.9 Å². The number of anilines is 3. The summed E-state index contributed by atoms with van der Waals surface area (Å²) in [5, 5.41) is 6.83. The van der Waals surface area contributed by atoms with Crippen LogP contribution in [-0.4, -0.2) is 9.55 Å². The van der Waals surface area contributed by atoms with E-state index in [0.717, 1.165) is 66.8 Å². The molecule has 0 aliphatic rings. The highest BCUT2D eigenvalue weighted by atomic mass is 32.1. The monoisotopic (exact) mass is 723 g/mol. The van der Waals surface area contributed by atoms with Gasteiger partial charge < -0.3 is 18.3 Å². The molecule has 12 rings (SSSR count). The third kappa shape index (κ3) is 4.55. The Morgan fingerprint density at radius 3 is 2.02 bits per heavy atom. The molecule has 12 aromatic rings. The van der Waals surface area contributed by atoms with Crippen LogP contribution in [0.4, 0.5) is 17.1 Å². The fourth-order valence-electron chi connectivity index (χ4n) is 8.35. The Kier molecular flexibility index (Phi) is 6.44. The van der Waals surface area contributed by atoms with E-state index in [0.29, 0.717) is 11.5 Å². The maximum Gasteiger partial charge on any atom is 0.227 e. The number of furan rings is 1. The van der Waals surface area contributed by atoms with Crippen molar-refractivity contribution in [2.75, 3.05) is 4.90 Å². The number of aromatic nitrogens is 2. The Labute approximate surface area is 318 Å². The van der Waals surface area contributed by atoms with Crippen molar-refractivity contribution in [1.29, 1.82) is 0 Å². The van der Waals surface area contributed by atoms with Gasteiger partial charge in [-0.25, -0.2) is 4.98 Å². The zero-order valence-electron chi connectivity index (χ0n) is 29.3. The molecular formula is C49H29N3O2S. The number of nitrogens with zero attached hydrogens (tertiary/aromatic N) is 3. The SMILES string of the molecule is c1ccc(-c2nc3c(N(c4ccc5sc6ccccc6c5c4)c4ccc5c6ccccc6n(-c6ccccc6)c5c4)c4oc5ccccc5c4cc3o2)cc1. The zero-order chi connectivity index (χ0) is 36.0. The largest absolute Gasteiger partial charge is 0.454 e. The number of para-hydroxylation sites is 3. The second kappa shape index (κ2) is 11.7. The van der Waals surface area contributed by atoms with Gasteiger partial charge in [-0.1, -0.05) is 97.1 Å². The normalized spacial score (nSPS) is 12.0. The molecule has 0 aliphatic carbocycles. The predicted molar refractivity (Wildman–Crippen MR) is 229 cm³/mol. The third-order valence-electron chi connectivity index (χ3n) is 10.8. The fourth-order valence-corrected chi connectivity index (χ4v) is 9.43. The predicted octanol–water partition coefficient (Wildman–Crippen LogP) is 14.3. The summed E-state index contributed by atoms with van der Waals surface area (Å²) in [4.78, 5) is 7.59. The third-order valence-corrected chi connectivity index (χ3v) is 11.9. The molecule has 0 saturated carbocycles. The van der Waals surface area contributed by atoms with Gasteiger partial charge in [0, 0.05) is 64.3 Å². The molecule has 8 aromatic carbocycles. The summed E-state index contributed by atoms with van der Waals surface area (Å²) in [6.45, 7) is 0. The first-order valence-electron chi connectivity index (χ1n) is 18.4. The van der Waals surface area contributed by atoms with Crippen molar-refractivity contribution in [2.45, 2.75) is 0 Å². The Morgan fingerprint density at radius 1 is 0.473 bits per heavy atom. The number of thiophene rings is 1. The van der Waals surface area contributed by atoms with Gasteiger partial charge in [0.25, 0.3) is 0 Å². The van der Waals surface area contributed by atoms with Gasteiger partial charge >= 0.3 is 0 Å². The highest BCUT2D eigenvalue weighted by Crippen LogP contribution is 2.49. The second-order valence-electron chi connectivity index (χ2n) is 13.9. The quantitative estimate of drug-likeness (QED) is 0.177. The smallest absolute Gasteiger partial charge is 0.227 e. The summed E-state index contributed by atoms with van der Waals surface area (Å²) in [5.74, 6) is 0.563.